The second kappa shape index (κ2) is 8.35. The SMILES string of the molecule is Cc1noc(C=Cc2ccc(S(=O)(=O)Nc3ccccc3F)cc2)c1NC(=O)C1CC1. The van der Waals surface area contributed by atoms with E-state index in [-0.39, 0.29) is 22.4 Å². The van der Waals surface area contributed by atoms with E-state index in [1.165, 1.54) is 30.3 Å². The molecule has 3 aromatic rings. The summed E-state index contributed by atoms with van der Waals surface area (Å²) in [6.07, 6.45) is 5.15. The van der Waals surface area contributed by atoms with E-state index in [1.54, 1.807) is 37.3 Å². The minimum Gasteiger partial charge on any atom is -0.354 e. The molecule has 0 bridgehead atoms. The number of amides is 1. The lowest BCUT2D eigenvalue weighted by Crippen LogP contribution is -2.14. The van der Waals surface area contributed by atoms with Gasteiger partial charge in [0.1, 0.15) is 17.2 Å². The van der Waals surface area contributed by atoms with Crippen LogP contribution in [0.5, 0.6) is 0 Å². The maximum atomic E-state index is 13.7. The molecule has 0 aliphatic heterocycles. The Morgan fingerprint density at radius 2 is 1.84 bits per heavy atom. The number of anilines is 2. The number of sulfonamides is 1. The predicted octanol–water partition coefficient (Wildman–Crippen LogP) is 4.44. The number of rotatable bonds is 7. The number of benzene rings is 2. The molecule has 31 heavy (non-hydrogen) atoms. The summed E-state index contributed by atoms with van der Waals surface area (Å²) >= 11 is 0. The Morgan fingerprint density at radius 3 is 2.52 bits per heavy atom. The molecule has 0 atom stereocenters. The first-order chi connectivity index (χ1) is 14.8. The van der Waals surface area contributed by atoms with Gasteiger partial charge >= 0.3 is 0 Å². The highest BCUT2D eigenvalue weighted by Crippen LogP contribution is 2.32. The zero-order chi connectivity index (χ0) is 22.0. The van der Waals surface area contributed by atoms with Gasteiger partial charge in [-0.2, -0.15) is 0 Å². The third-order valence-corrected chi connectivity index (χ3v) is 6.20. The zero-order valence-electron chi connectivity index (χ0n) is 16.6. The fraction of sp³-hybridized carbons (Fsp3) is 0.182. The Labute approximate surface area is 179 Å². The summed E-state index contributed by atoms with van der Waals surface area (Å²) in [5.74, 6) is -0.238. The summed E-state index contributed by atoms with van der Waals surface area (Å²) in [6, 6.07) is 11.6. The number of carbonyl (C=O) groups is 1. The fourth-order valence-corrected chi connectivity index (χ4v) is 3.97. The Morgan fingerprint density at radius 1 is 1.13 bits per heavy atom. The number of halogens is 1. The molecule has 1 saturated carbocycles. The molecule has 1 aliphatic carbocycles. The van der Waals surface area contributed by atoms with Crippen LogP contribution in [0.2, 0.25) is 0 Å². The highest BCUT2D eigenvalue weighted by Gasteiger charge is 2.30. The van der Waals surface area contributed by atoms with E-state index in [1.807, 2.05) is 0 Å². The number of hydrogen-bond acceptors (Lipinski definition) is 5. The van der Waals surface area contributed by atoms with Gasteiger partial charge in [0.2, 0.25) is 5.91 Å². The van der Waals surface area contributed by atoms with Crippen LogP contribution in [0.3, 0.4) is 0 Å². The predicted molar refractivity (Wildman–Crippen MR) is 115 cm³/mol. The van der Waals surface area contributed by atoms with Crippen LogP contribution < -0.4 is 10.0 Å². The van der Waals surface area contributed by atoms with E-state index in [0.717, 1.165) is 12.8 Å². The van der Waals surface area contributed by atoms with Crippen molar-refractivity contribution in [1.82, 2.24) is 5.16 Å². The molecule has 2 aromatic carbocycles. The molecule has 160 valence electrons. The van der Waals surface area contributed by atoms with Gasteiger partial charge in [-0.25, -0.2) is 12.8 Å². The number of para-hydroxylation sites is 1. The van der Waals surface area contributed by atoms with Crippen molar-refractivity contribution in [2.75, 3.05) is 10.0 Å². The van der Waals surface area contributed by atoms with Gasteiger partial charge in [-0.3, -0.25) is 9.52 Å². The lowest BCUT2D eigenvalue weighted by Gasteiger charge is -2.09. The smallest absolute Gasteiger partial charge is 0.261 e. The van der Waals surface area contributed by atoms with Crippen LogP contribution in [0.15, 0.2) is 57.9 Å². The van der Waals surface area contributed by atoms with Crippen molar-refractivity contribution in [2.24, 2.45) is 5.92 Å². The number of aromatic nitrogens is 1. The van der Waals surface area contributed by atoms with Gasteiger partial charge in [-0.15, -0.1) is 0 Å². The molecule has 1 aromatic heterocycles. The van der Waals surface area contributed by atoms with Gasteiger partial charge in [0.05, 0.1) is 10.6 Å². The number of hydrogen-bond donors (Lipinski definition) is 2. The summed E-state index contributed by atoms with van der Waals surface area (Å²) in [7, 11) is -3.93. The van der Waals surface area contributed by atoms with Crippen molar-refractivity contribution >= 4 is 39.5 Å². The fourth-order valence-electron chi connectivity index (χ4n) is 2.90. The summed E-state index contributed by atoms with van der Waals surface area (Å²) in [6.45, 7) is 1.74. The van der Waals surface area contributed by atoms with Gasteiger partial charge in [0, 0.05) is 5.92 Å². The van der Waals surface area contributed by atoms with Gasteiger partial charge in [0.15, 0.2) is 5.76 Å². The summed E-state index contributed by atoms with van der Waals surface area (Å²) in [4.78, 5) is 12.0. The van der Waals surface area contributed by atoms with Crippen LogP contribution in [0.1, 0.15) is 29.9 Å². The average molecular weight is 441 g/mol. The number of nitrogens with zero attached hydrogens (tertiary/aromatic N) is 1. The van der Waals surface area contributed by atoms with Gasteiger partial charge in [-0.05, 0) is 55.7 Å². The number of carbonyl (C=O) groups excluding carboxylic acids is 1. The first-order valence-electron chi connectivity index (χ1n) is 9.66. The molecule has 1 aliphatic rings. The molecule has 1 amide bonds. The van der Waals surface area contributed by atoms with Gasteiger partial charge < -0.3 is 9.84 Å². The molecule has 4 rings (SSSR count). The summed E-state index contributed by atoms with van der Waals surface area (Å²) in [5.41, 5.74) is 1.70. The maximum Gasteiger partial charge on any atom is 0.261 e. The van der Waals surface area contributed by atoms with E-state index in [9.17, 15) is 17.6 Å². The normalized spacial score (nSPS) is 14.0. The molecule has 9 heteroatoms. The topological polar surface area (TPSA) is 101 Å². The minimum absolute atomic E-state index is 0.000739. The lowest BCUT2D eigenvalue weighted by molar-refractivity contribution is -0.117. The minimum atomic E-state index is -3.93. The first kappa shape index (κ1) is 20.8. The van der Waals surface area contributed by atoms with Crippen molar-refractivity contribution in [3.63, 3.8) is 0 Å². The van der Waals surface area contributed by atoms with Crippen LogP contribution in [0.25, 0.3) is 12.2 Å². The van der Waals surface area contributed by atoms with Gasteiger partial charge in [-0.1, -0.05) is 35.5 Å². The number of aryl methyl sites for hydroxylation is 1. The lowest BCUT2D eigenvalue weighted by atomic mass is 10.2. The largest absolute Gasteiger partial charge is 0.354 e. The van der Waals surface area contributed by atoms with Crippen LogP contribution in [-0.2, 0) is 14.8 Å². The molecule has 2 N–H and O–H groups in total. The second-order valence-electron chi connectivity index (χ2n) is 7.26. The molecule has 1 fully saturated rings. The quantitative estimate of drug-likeness (QED) is 0.564. The van der Waals surface area contributed by atoms with Crippen molar-refractivity contribution < 1.29 is 22.1 Å². The molecule has 1 heterocycles. The van der Waals surface area contributed by atoms with Crippen molar-refractivity contribution in [3.8, 4) is 0 Å². The van der Waals surface area contributed by atoms with Crippen molar-refractivity contribution in [3.05, 3.63) is 71.4 Å². The highest BCUT2D eigenvalue weighted by molar-refractivity contribution is 7.92. The summed E-state index contributed by atoms with van der Waals surface area (Å²) in [5, 5.41) is 6.74. The molecular formula is C22H20FN3O4S. The van der Waals surface area contributed by atoms with E-state index < -0.39 is 15.8 Å². The van der Waals surface area contributed by atoms with Crippen LogP contribution in [0.4, 0.5) is 15.8 Å². The van der Waals surface area contributed by atoms with Crippen LogP contribution in [-0.4, -0.2) is 19.5 Å². The Bertz CT molecular complexity index is 1250. The molecule has 0 saturated heterocycles. The van der Waals surface area contributed by atoms with E-state index >= 15 is 0 Å². The Kier molecular flexibility index (Phi) is 5.60. The first-order valence-corrected chi connectivity index (χ1v) is 11.1. The third kappa shape index (κ3) is 4.83. The molecule has 0 spiro atoms. The zero-order valence-corrected chi connectivity index (χ0v) is 17.4. The van der Waals surface area contributed by atoms with Crippen molar-refractivity contribution in [2.45, 2.75) is 24.7 Å². The maximum absolute atomic E-state index is 13.7. The summed E-state index contributed by atoms with van der Waals surface area (Å²) < 4.78 is 46.3. The Hall–Kier alpha value is -3.46. The standard InChI is InChI=1S/C22H20FN3O4S/c1-14-21(24-22(27)16-9-10-16)20(30-25-14)13-8-15-6-11-17(12-7-15)31(28,29)26-19-5-3-2-4-18(19)23/h2-8,11-13,16,26H,9-10H2,1H3,(H,24,27). The van der Waals surface area contributed by atoms with E-state index in [4.69, 9.17) is 4.52 Å². The van der Waals surface area contributed by atoms with Crippen molar-refractivity contribution in [1.29, 1.82) is 0 Å². The van der Waals surface area contributed by atoms with Crippen LogP contribution >= 0.6 is 0 Å². The monoisotopic (exact) mass is 441 g/mol. The van der Waals surface area contributed by atoms with Crippen LogP contribution in [0, 0.1) is 18.7 Å². The van der Waals surface area contributed by atoms with Gasteiger partial charge in [0.25, 0.3) is 10.0 Å². The molecule has 0 unspecified atom stereocenters. The molecular weight excluding hydrogens is 421 g/mol. The van der Waals surface area contributed by atoms with E-state index in [0.29, 0.717) is 22.7 Å². The Balaban J connectivity index is 1.48. The van der Waals surface area contributed by atoms with E-state index in [2.05, 4.69) is 15.2 Å². The number of nitrogens with one attached hydrogen (secondary N) is 2. The second-order valence-corrected chi connectivity index (χ2v) is 8.94. The third-order valence-electron chi connectivity index (χ3n) is 4.82. The highest BCUT2D eigenvalue weighted by atomic mass is 32.2. The molecule has 7 nitrogen and oxygen atoms in total. The molecule has 0 radical (unpaired) electrons. The average Bonchev–Trinajstić information content (AvgIpc) is 3.54.